The van der Waals surface area contributed by atoms with Crippen molar-refractivity contribution >= 4 is 17.2 Å². The maximum Gasteiger partial charge on any atom is 0.254 e. The van der Waals surface area contributed by atoms with Crippen LogP contribution in [-0.4, -0.2) is 17.4 Å². The van der Waals surface area contributed by atoms with Crippen LogP contribution < -0.4 is 11.1 Å². The summed E-state index contributed by atoms with van der Waals surface area (Å²) in [6.45, 7) is 0.638. The summed E-state index contributed by atoms with van der Waals surface area (Å²) in [5.74, 6) is 4.57. The molecule has 2 aromatic heterocycles. The Labute approximate surface area is 119 Å². The summed E-state index contributed by atoms with van der Waals surface area (Å²) in [4.78, 5) is 16.3. The Kier molecular flexibility index (Phi) is 4.82. The van der Waals surface area contributed by atoms with Crippen LogP contribution in [0.15, 0.2) is 29.9 Å². The highest BCUT2D eigenvalue weighted by atomic mass is 32.1. The first-order valence-corrected chi connectivity index (χ1v) is 6.72. The highest BCUT2D eigenvalue weighted by Crippen LogP contribution is 2.14. The summed E-state index contributed by atoms with van der Waals surface area (Å²) >= 11 is 1.48. The third kappa shape index (κ3) is 3.63. The molecule has 0 aromatic carbocycles. The molecule has 0 aliphatic heterocycles. The minimum Gasteiger partial charge on any atom is -0.347 e. The molecule has 0 atom stereocenters. The molecule has 102 valence electrons. The van der Waals surface area contributed by atoms with Gasteiger partial charge in [0.2, 0.25) is 0 Å². The molecule has 3 N–H and O–H groups in total. The van der Waals surface area contributed by atoms with Gasteiger partial charge in [-0.25, -0.2) is 4.39 Å². The highest BCUT2D eigenvalue weighted by molar-refractivity contribution is 7.10. The SMILES string of the molecule is NCC#Cc1csc(CNC(=O)c2ccncc2F)c1. The van der Waals surface area contributed by atoms with Gasteiger partial charge in [-0.1, -0.05) is 11.8 Å². The number of hydrogen-bond donors (Lipinski definition) is 2. The zero-order valence-electron chi connectivity index (χ0n) is 10.5. The van der Waals surface area contributed by atoms with Crippen LogP contribution in [0.5, 0.6) is 0 Å². The van der Waals surface area contributed by atoms with E-state index in [9.17, 15) is 9.18 Å². The van der Waals surface area contributed by atoms with Gasteiger partial charge in [-0.15, -0.1) is 11.3 Å². The highest BCUT2D eigenvalue weighted by Gasteiger charge is 2.11. The number of nitrogens with two attached hydrogens (primary N) is 1. The van der Waals surface area contributed by atoms with E-state index in [1.165, 1.54) is 23.6 Å². The molecule has 0 unspecified atom stereocenters. The standard InChI is InChI=1S/C14H12FN3OS/c15-13-8-17-5-3-12(13)14(19)18-7-11-6-10(9-20-11)2-1-4-16/h3,5-6,8-9H,4,7,16H2,(H,18,19). The largest absolute Gasteiger partial charge is 0.347 e. The van der Waals surface area contributed by atoms with Crippen LogP contribution >= 0.6 is 11.3 Å². The average Bonchev–Trinajstić information content (AvgIpc) is 2.91. The summed E-state index contributed by atoms with van der Waals surface area (Å²) < 4.78 is 13.4. The number of nitrogens with zero attached hydrogens (tertiary/aromatic N) is 1. The van der Waals surface area contributed by atoms with Gasteiger partial charge in [-0.3, -0.25) is 9.78 Å². The molecule has 1 amide bonds. The van der Waals surface area contributed by atoms with Crippen molar-refractivity contribution in [3.8, 4) is 11.8 Å². The Bertz CT molecular complexity index is 672. The van der Waals surface area contributed by atoms with Crippen molar-refractivity contribution in [2.75, 3.05) is 6.54 Å². The van der Waals surface area contributed by atoms with Gasteiger partial charge in [0, 0.05) is 22.0 Å². The summed E-state index contributed by atoms with van der Waals surface area (Å²) in [5.41, 5.74) is 6.14. The number of amides is 1. The molecule has 0 bridgehead atoms. The van der Waals surface area contributed by atoms with Gasteiger partial charge in [-0.2, -0.15) is 0 Å². The Morgan fingerprint density at radius 2 is 2.40 bits per heavy atom. The van der Waals surface area contributed by atoms with Crippen molar-refractivity contribution in [1.29, 1.82) is 0 Å². The van der Waals surface area contributed by atoms with Gasteiger partial charge in [0.25, 0.3) is 5.91 Å². The lowest BCUT2D eigenvalue weighted by Crippen LogP contribution is -2.23. The molecule has 2 aromatic rings. The number of carbonyl (C=O) groups excluding carboxylic acids is 1. The fourth-order valence-electron chi connectivity index (χ4n) is 1.51. The van der Waals surface area contributed by atoms with E-state index >= 15 is 0 Å². The van der Waals surface area contributed by atoms with Crippen molar-refractivity contribution in [2.45, 2.75) is 6.54 Å². The Morgan fingerprint density at radius 1 is 1.55 bits per heavy atom. The van der Waals surface area contributed by atoms with Gasteiger partial charge in [-0.05, 0) is 12.1 Å². The molecule has 0 spiro atoms. The number of rotatable bonds is 3. The molecule has 6 heteroatoms. The van der Waals surface area contributed by atoms with Crippen molar-refractivity contribution in [1.82, 2.24) is 10.3 Å². The third-order valence-electron chi connectivity index (χ3n) is 2.43. The zero-order chi connectivity index (χ0) is 14.4. The normalized spacial score (nSPS) is 9.70. The average molecular weight is 289 g/mol. The molecule has 2 heterocycles. The molecule has 0 aliphatic rings. The lowest BCUT2D eigenvalue weighted by molar-refractivity contribution is 0.0947. The number of nitrogens with one attached hydrogen (secondary N) is 1. The van der Waals surface area contributed by atoms with Crippen LogP contribution in [0.4, 0.5) is 4.39 Å². The van der Waals surface area contributed by atoms with Crippen molar-refractivity contribution in [2.24, 2.45) is 5.73 Å². The molecule has 20 heavy (non-hydrogen) atoms. The maximum atomic E-state index is 13.4. The van der Waals surface area contributed by atoms with Crippen LogP contribution in [0.1, 0.15) is 20.8 Å². The van der Waals surface area contributed by atoms with Gasteiger partial charge >= 0.3 is 0 Å². The smallest absolute Gasteiger partial charge is 0.254 e. The number of aromatic nitrogens is 1. The van der Waals surface area contributed by atoms with Gasteiger partial charge in [0.1, 0.15) is 0 Å². The Morgan fingerprint density at radius 3 is 3.15 bits per heavy atom. The fourth-order valence-corrected chi connectivity index (χ4v) is 2.27. The first kappa shape index (κ1) is 14.2. The first-order valence-electron chi connectivity index (χ1n) is 5.84. The lowest BCUT2D eigenvalue weighted by atomic mass is 10.2. The lowest BCUT2D eigenvalue weighted by Gasteiger charge is -2.03. The number of thiophene rings is 1. The molecule has 4 nitrogen and oxygen atoms in total. The molecule has 0 saturated heterocycles. The molecule has 0 fully saturated rings. The van der Waals surface area contributed by atoms with E-state index in [0.29, 0.717) is 13.1 Å². The van der Waals surface area contributed by atoms with Crippen molar-refractivity contribution < 1.29 is 9.18 Å². The monoisotopic (exact) mass is 289 g/mol. The number of carbonyl (C=O) groups is 1. The molecule has 0 radical (unpaired) electrons. The van der Waals surface area contributed by atoms with Crippen LogP contribution in [0.3, 0.4) is 0 Å². The van der Waals surface area contributed by atoms with Crippen LogP contribution in [0, 0.1) is 17.7 Å². The number of pyridine rings is 1. The predicted octanol–water partition coefficient (Wildman–Crippen LogP) is 1.52. The Balaban J connectivity index is 1.97. The predicted molar refractivity (Wildman–Crippen MR) is 75.6 cm³/mol. The number of hydrogen-bond acceptors (Lipinski definition) is 4. The van der Waals surface area contributed by atoms with E-state index in [0.717, 1.165) is 16.6 Å². The molecule has 0 aliphatic carbocycles. The van der Waals surface area contributed by atoms with Crippen LogP contribution in [-0.2, 0) is 6.54 Å². The second-order valence-corrected chi connectivity index (χ2v) is 4.84. The van der Waals surface area contributed by atoms with Gasteiger partial charge in [0.05, 0.1) is 24.8 Å². The summed E-state index contributed by atoms with van der Waals surface area (Å²) in [7, 11) is 0. The second kappa shape index (κ2) is 6.80. The zero-order valence-corrected chi connectivity index (χ0v) is 11.3. The quantitative estimate of drug-likeness (QED) is 0.842. The molecule has 2 rings (SSSR count). The van der Waals surface area contributed by atoms with E-state index < -0.39 is 11.7 Å². The fraction of sp³-hybridized carbons (Fsp3) is 0.143. The third-order valence-corrected chi connectivity index (χ3v) is 3.37. The minimum atomic E-state index is -0.634. The molecule has 0 saturated carbocycles. The first-order chi connectivity index (χ1) is 9.70. The van der Waals surface area contributed by atoms with Crippen LogP contribution in [0.2, 0.25) is 0 Å². The summed E-state index contributed by atoms with van der Waals surface area (Å²) in [5, 5.41) is 4.54. The van der Waals surface area contributed by atoms with E-state index in [-0.39, 0.29) is 5.56 Å². The number of halogens is 1. The molecular formula is C14H12FN3OS. The maximum absolute atomic E-state index is 13.4. The van der Waals surface area contributed by atoms with E-state index in [4.69, 9.17) is 5.73 Å². The Hall–Kier alpha value is -2.23. The van der Waals surface area contributed by atoms with E-state index in [1.54, 1.807) is 0 Å². The van der Waals surface area contributed by atoms with Crippen molar-refractivity contribution in [3.05, 3.63) is 51.7 Å². The summed E-state index contributed by atoms with van der Waals surface area (Å²) in [6, 6.07) is 3.22. The van der Waals surface area contributed by atoms with Crippen molar-refractivity contribution in [3.63, 3.8) is 0 Å². The summed E-state index contributed by atoms with van der Waals surface area (Å²) in [6.07, 6.45) is 2.39. The van der Waals surface area contributed by atoms with E-state index in [2.05, 4.69) is 22.1 Å². The van der Waals surface area contributed by atoms with Crippen LogP contribution in [0.25, 0.3) is 0 Å². The van der Waals surface area contributed by atoms with E-state index in [1.807, 2.05) is 11.4 Å². The topological polar surface area (TPSA) is 68.0 Å². The van der Waals surface area contributed by atoms with Gasteiger partial charge in [0.15, 0.2) is 5.82 Å². The second-order valence-electron chi connectivity index (χ2n) is 3.85. The van der Waals surface area contributed by atoms with Gasteiger partial charge < -0.3 is 11.1 Å². The molecular weight excluding hydrogens is 277 g/mol. The minimum absolute atomic E-state index is 0.0142.